The summed E-state index contributed by atoms with van der Waals surface area (Å²) in [5, 5.41) is 0. The Bertz CT molecular complexity index is 582. The fraction of sp³-hybridized carbons (Fsp3) is 0.588. The second-order valence-electron chi connectivity index (χ2n) is 6.60. The smallest absolute Gasteiger partial charge is 0.251 e. The summed E-state index contributed by atoms with van der Waals surface area (Å²) in [6.45, 7) is 1.90. The Hall–Kier alpha value is -1.17. The fourth-order valence-electron chi connectivity index (χ4n) is 4.53. The second-order valence-corrected chi connectivity index (χ2v) is 6.60. The lowest BCUT2D eigenvalue weighted by Gasteiger charge is -2.54. The number of rotatable bonds is 3. The first-order chi connectivity index (χ1) is 10.5. The normalized spacial score (nSPS) is 30.6. The van der Waals surface area contributed by atoms with E-state index in [-0.39, 0.29) is 18.0 Å². The van der Waals surface area contributed by atoms with Crippen LogP contribution in [0.1, 0.15) is 35.2 Å². The van der Waals surface area contributed by atoms with Gasteiger partial charge in [-0.05, 0) is 37.6 Å². The number of carbonyl (C=O) groups is 1. The number of amides is 1. The van der Waals surface area contributed by atoms with Crippen LogP contribution < -0.4 is 5.73 Å². The summed E-state index contributed by atoms with van der Waals surface area (Å²) in [6.07, 6.45) is 3.36. The highest BCUT2D eigenvalue weighted by Crippen LogP contribution is 2.51. The average Bonchev–Trinajstić information content (AvgIpc) is 2.47. The number of fused-ring (bicyclic) bond motifs is 2. The van der Waals surface area contributed by atoms with Gasteiger partial charge in [-0.2, -0.15) is 0 Å². The van der Waals surface area contributed by atoms with Crippen LogP contribution in [0.4, 0.5) is 4.39 Å². The summed E-state index contributed by atoms with van der Waals surface area (Å²) >= 11 is 0. The van der Waals surface area contributed by atoms with E-state index in [4.69, 9.17) is 10.5 Å². The lowest BCUT2D eigenvalue weighted by atomic mass is 9.62. The number of hydrogen-bond donors (Lipinski definition) is 1. The molecule has 2 aliphatic rings. The van der Waals surface area contributed by atoms with Crippen molar-refractivity contribution in [3.8, 4) is 0 Å². The number of nitrogens with two attached hydrogens (primary N) is 1. The third-order valence-corrected chi connectivity index (χ3v) is 5.40. The summed E-state index contributed by atoms with van der Waals surface area (Å²) in [5.74, 6) is -0.605. The number of methoxy groups -OCH3 is 1. The first-order valence-electron chi connectivity index (χ1n) is 7.82. The number of nitrogens with zero attached hydrogens (tertiary/aromatic N) is 1. The van der Waals surface area contributed by atoms with Gasteiger partial charge in [-0.1, -0.05) is 12.5 Å². The number of likely N-dealkylation sites (tertiary alicyclic amines) is 1. The van der Waals surface area contributed by atoms with E-state index in [9.17, 15) is 9.18 Å². The van der Waals surface area contributed by atoms with Crippen LogP contribution in [0.25, 0.3) is 0 Å². The standard InChI is InChI=1S/C17H23FN2O2.ClH/c1-20-9-12-4-3-5-13(10-20)17(12,22-2)11-6-7-15(18)14(8-11)16(19)21;/h6-8,12-13H,3-5,9-10H2,1-2H3,(H2,19,21);1H/t12-,13+,17-;. The van der Waals surface area contributed by atoms with Crippen LogP contribution in [0, 0.1) is 17.7 Å². The molecule has 2 fully saturated rings. The highest BCUT2D eigenvalue weighted by atomic mass is 35.5. The Morgan fingerprint density at radius 2 is 1.96 bits per heavy atom. The van der Waals surface area contributed by atoms with Gasteiger partial charge in [0.1, 0.15) is 11.4 Å². The number of piperidine rings is 1. The van der Waals surface area contributed by atoms with E-state index in [0.29, 0.717) is 11.8 Å². The van der Waals surface area contributed by atoms with Gasteiger partial charge in [0.05, 0.1) is 5.56 Å². The minimum atomic E-state index is -0.733. The van der Waals surface area contributed by atoms with Crippen molar-refractivity contribution in [3.05, 3.63) is 35.1 Å². The molecule has 1 aromatic carbocycles. The number of carbonyl (C=O) groups excluding carboxylic acids is 1. The van der Waals surface area contributed by atoms with Crippen LogP contribution >= 0.6 is 12.4 Å². The average molecular weight is 343 g/mol. The highest BCUT2D eigenvalue weighted by molar-refractivity contribution is 5.93. The molecular formula is C17H24ClFN2O2. The molecule has 2 bridgehead atoms. The van der Waals surface area contributed by atoms with Gasteiger partial charge < -0.3 is 15.4 Å². The van der Waals surface area contributed by atoms with Crippen molar-refractivity contribution in [2.75, 3.05) is 27.2 Å². The molecule has 1 aliphatic carbocycles. The maximum atomic E-state index is 13.8. The number of halogens is 2. The topological polar surface area (TPSA) is 55.6 Å². The molecule has 2 N–H and O–H groups in total. The molecule has 1 saturated carbocycles. The van der Waals surface area contributed by atoms with Gasteiger partial charge in [-0.15, -0.1) is 12.4 Å². The summed E-state index contributed by atoms with van der Waals surface area (Å²) in [6, 6.07) is 4.68. The van der Waals surface area contributed by atoms with E-state index in [2.05, 4.69) is 11.9 Å². The largest absolute Gasteiger partial charge is 0.373 e. The van der Waals surface area contributed by atoms with Crippen molar-refractivity contribution in [2.24, 2.45) is 17.6 Å². The van der Waals surface area contributed by atoms with Gasteiger partial charge in [-0.25, -0.2) is 4.39 Å². The number of benzene rings is 1. The van der Waals surface area contributed by atoms with Gasteiger partial charge in [-0.3, -0.25) is 4.79 Å². The van der Waals surface area contributed by atoms with E-state index >= 15 is 0 Å². The zero-order chi connectivity index (χ0) is 15.9. The molecule has 23 heavy (non-hydrogen) atoms. The first-order valence-corrected chi connectivity index (χ1v) is 7.82. The monoisotopic (exact) mass is 342 g/mol. The number of ether oxygens (including phenoxy) is 1. The van der Waals surface area contributed by atoms with E-state index in [0.717, 1.165) is 31.5 Å². The molecule has 0 unspecified atom stereocenters. The molecule has 6 heteroatoms. The minimum absolute atomic E-state index is 0. The Morgan fingerprint density at radius 1 is 1.35 bits per heavy atom. The zero-order valence-corrected chi connectivity index (χ0v) is 14.4. The maximum absolute atomic E-state index is 13.8. The van der Waals surface area contributed by atoms with E-state index in [1.807, 2.05) is 0 Å². The summed E-state index contributed by atoms with van der Waals surface area (Å²) in [4.78, 5) is 13.8. The van der Waals surface area contributed by atoms with Crippen LogP contribution in [0.15, 0.2) is 18.2 Å². The van der Waals surface area contributed by atoms with E-state index < -0.39 is 17.3 Å². The predicted molar refractivity (Wildman–Crippen MR) is 89.2 cm³/mol. The van der Waals surface area contributed by atoms with Crippen molar-refractivity contribution in [1.82, 2.24) is 4.90 Å². The third kappa shape index (κ3) is 2.86. The van der Waals surface area contributed by atoms with Crippen molar-refractivity contribution in [1.29, 1.82) is 0 Å². The van der Waals surface area contributed by atoms with E-state index in [1.54, 1.807) is 19.2 Å². The molecule has 3 rings (SSSR count). The van der Waals surface area contributed by atoms with Crippen LogP contribution in [-0.4, -0.2) is 38.1 Å². The van der Waals surface area contributed by atoms with Crippen molar-refractivity contribution >= 4 is 18.3 Å². The molecule has 1 saturated heterocycles. The van der Waals surface area contributed by atoms with Crippen molar-refractivity contribution < 1.29 is 13.9 Å². The number of hydrogen-bond acceptors (Lipinski definition) is 3. The third-order valence-electron chi connectivity index (χ3n) is 5.40. The molecule has 4 nitrogen and oxygen atoms in total. The fourth-order valence-corrected chi connectivity index (χ4v) is 4.53. The van der Waals surface area contributed by atoms with Crippen LogP contribution in [0.2, 0.25) is 0 Å². The SMILES string of the molecule is CO[C@]1(c2ccc(F)c(C(N)=O)c2)[C@@H]2CCC[C@H]1CN(C)C2.Cl. The molecule has 128 valence electrons. The first kappa shape index (κ1) is 18.2. The molecule has 1 aliphatic heterocycles. The Morgan fingerprint density at radius 3 is 2.48 bits per heavy atom. The van der Waals surface area contributed by atoms with Crippen LogP contribution in [0.5, 0.6) is 0 Å². The Balaban J connectivity index is 0.00000192. The molecule has 0 aromatic heterocycles. The van der Waals surface area contributed by atoms with Crippen molar-refractivity contribution in [2.45, 2.75) is 24.9 Å². The second kappa shape index (κ2) is 6.75. The molecular weight excluding hydrogens is 319 g/mol. The summed E-state index contributed by atoms with van der Waals surface area (Å²) in [7, 11) is 3.86. The van der Waals surface area contributed by atoms with Crippen LogP contribution in [-0.2, 0) is 10.3 Å². The summed E-state index contributed by atoms with van der Waals surface area (Å²) < 4.78 is 19.9. The minimum Gasteiger partial charge on any atom is -0.373 e. The van der Waals surface area contributed by atoms with Gasteiger partial charge in [0.15, 0.2) is 0 Å². The Kier molecular flexibility index (Phi) is 5.33. The number of primary amides is 1. The Labute approximate surface area is 142 Å². The highest BCUT2D eigenvalue weighted by Gasteiger charge is 2.52. The molecule has 1 aromatic rings. The van der Waals surface area contributed by atoms with Crippen LogP contribution in [0.3, 0.4) is 0 Å². The lowest BCUT2D eigenvalue weighted by molar-refractivity contribution is -0.165. The molecule has 1 amide bonds. The van der Waals surface area contributed by atoms with Gasteiger partial charge in [0.25, 0.3) is 5.91 Å². The molecule has 0 radical (unpaired) electrons. The zero-order valence-electron chi connectivity index (χ0n) is 13.5. The molecule has 3 atom stereocenters. The predicted octanol–water partition coefficient (Wildman–Crippen LogP) is 2.55. The van der Waals surface area contributed by atoms with Crippen molar-refractivity contribution in [3.63, 3.8) is 0 Å². The van der Waals surface area contributed by atoms with Gasteiger partial charge in [0, 0.05) is 32.0 Å². The van der Waals surface area contributed by atoms with Gasteiger partial charge >= 0.3 is 0 Å². The summed E-state index contributed by atoms with van der Waals surface area (Å²) in [5.41, 5.74) is 5.70. The van der Waals surface area contributed by atoms with Gasteiger partial charge in [0.2, 0.25) is 0 Å². The molecule has 0 spiro atoms. The quantitative estimate of drug-likeness (QED) is 0.918. The lowest BCUT2D eigenvalue weighted by Crippen LogP contribution is -2.58. The molecule has 1 heterocycles. The van der Waals surface area contributed by atoms with E-state index in [1.165, 1.54) is 12.5 Å². The maximum Gasteiger partial charge on any atom is 0.251 e.